The predicted molar refractivity (Wildman–Crippen MR) is 117 cm³/mol. The topological polar surface area (TPSA) is 85.3 Å². The third-order valence-corrected chi connectivity index (χ3v) is 5.49. The van der Waals surface area contributed by atoms with Gasteiger partial charge < -0.3 is 19.9 Å². The number of rotatable bonds is 4. The van der Waals surface area contributed by atoms with Gasteiger partial charge in [-0.2, -0.15) is 0 Å². The van der Waals surface area contributed by atoms with Crippen LogP contribution in [0.2, 0.25) is 0 Å². The van der Waals surface area contributed by atoms with Crippen LogP contribution >= 0.6 is 0 Å². The third-order valence-electron chi connectivity index (χ3n) is 5.49. The van der Waals surface area contributed by atoms with Crippen LogP contribution in [0.1, 0.15) is 10.4 Å². The largest absolute Gasteiger partial charge is 0.478 e. The van der Waals surface area contributed by atoms with Gasteiger partial charge in [0.1, 0.15) is 11.6 Å². The lowest BCUT2D eigenvalue weighted by molar-refractivity contribution is 0.0697. The second-order valence-corrected chi connectivity index (χ2v) is 7.33. The molecule has 0 spiro atoms. The first-order chi connectivity index (χ1) is 14.7. The molecule has 2 N–H and O–H groups in total. The maximum Gasteiger partial charge on any atom is 0.335 e. The van der Waals surface area contributed by atoms with E-state index in [9.17, 15) is 4.79 Å². The van der Waals surface area contributed by atoms with Crippen LogP contribution in [-0.2, 0) is 0 Å². The molecule has 0 saturated carbocycles. The van der Waals surface area contributed by atoms with Gasteiger partial charge in [0.25, 0.3) is 0 Å². The van der Waals surface area contributed by atoms with Crippen LogP contribution in [0, 0.1) is 0 Å². The number of anilines is 2. The smallest absolute Gasteiger partial charge is 0.335 e. The first kappa shape index (κ1) is 18.2. The van der Waals surface area contributed by atoms with Crippen LogP contribution in [0.3, 0.4) is 0 Å². The highest BCUT2D eigenvalue weighted by molar-refractivity contribution is 5.93. The van der Waals surface area contributed by atoms with Gasteiger partial charge in [-0.1, -0.05) is 6.07 Å². The zero-order valence-electron chi connectivity index (χ0n) is 16.3. The minimum absolute atomic E-state index is 0.248. The van der Waals surface area contributed by atoms with Crippen molar-refractivity contribution in [3.8, 4) is 11.4 Å². The number of nitrogens with one attached hydrogen (secondary N) is 1. The first-order valence-electron chi connectivity index (χ1n) is 9.92. The molecule has 0 atom stereocenters. The van der Waals surface area contributed by atoms with Gasteiger partial charge in [-0.25, -0.2) is 14.8 Å². The molecule has 0 unspecified atom stereocenters. The lowest BCUT2D eigenvalue weighted by Crippen LogP contribution is -2.46. The number of carbonyl (C=O) groups is 1. The number of nitrogens with zero attached hydrogens (tertiary/aromatic N) is 4. The van der Waals surface area contributed by atoms with Crippen molar-refractivity contribution in [2.75, 3.05) is 36.0 Å². The van der Waals surface area contributed by atoms with Crippen LogP contribution in [0.5, 0.6) is 0 Å². The van der Waals surface area contributed by atoms with Gasteiger partial charge >= 0.3 is 5.97 Å². The molecule has 0 aliphatic carbocycles. The Morgan fingerprint density at radius 3 is 2.40 bits per heavy atom. The predicted octanol–water partition coefficient (Wildman–Crippen LogP) is 3.65. The van der Waals surface area contributed by atoms with Gasteiger partial charge in [0.05, 0.1) is 16.6 Å². The Labute approximate surface area is 173 Å². The molecule has 0 bridgehead atoms. The lowest BCUT2D eigenvalue weighted by atomic mass is 10.1. The van der Waals surface area contributed by atoms with E-state index >= 15 is 0 Å². The van der Waals surface area contributed by atoms with Crippen LogP contribution in [-0.4, -0.2) is 52.2 Å². The van der Waals surface area contributed by atoms with Crippen molar-refractivity contribution < 1.29 is 9.90 Å². The number of piperazine rings is 1. The van der Waals surface area contributed by atoms with Crippen LogP contribution in [0.15, 0.2) is 66.9 Å². The summed E-state index contributed by atoms with van der Waals surface area (Å²) in [7, 11) is 0. The molecule has 1 aliphatic rings. The average Bonchev–Trinajstić information content (AvgIpc) is 3.23. The zero-order chi connectivity index (χ0) is 20.5. The Hall–Kier alpha value is -3.87. The van der Waals surface area contributed by atoms with Crippen molar-refractivity contribution in [2.45, 2.75) is 0 Å². The molecule has 5 rings (SSSR count). The van der Waals surface area contributed by atoms with E-state index in [0.29, 0.717) is 0 Å². The van der Waals surface area contributed by atoms with Crippen molar-refractivity contribution in [1.82, 2.24) is 15.0 Å². The molecule has 150 valence electrons. The number of aromatic amines is 1. The Balaban J connectivity index is 1.30. The second-order valence-electron chi connectivity index (χ2n) is 7.33. The molecule has 1 aliphatic heterocycles. The van der Waals surface area contributed by atoms with Gasteiger partial charge in [0.2, 0.25) is 0 Å². The van der Waals surface area contributed by atoms with Crippen LogP contribution < -0.4 is 9.80 Å². The molecule has 30 heavy (non-hydrogen) atoms. The molecular formula is C23H21N5O2. The molecule has 2 aromatic heterocycles. The van der Waals surface area contributed by atoms with Gasteiger partial charge in [-0.15, -0.1) is 0 Å². The number of imidazole rings is 1. The molecule has 1 fully saturated rings. The Morgan fingerprint density at radius 2 is 1.70 bits per heavy atom. The maximum absolute atomic E-state index is 11.2. The Kier molecular flexibility index (Phi) is 4.55. The molecule has 0 radical (unpaired) electrons. The third kappa shape index (κ3) is 3.45. The molecular weight excluding hydrogens is 378 g/mol. The van der Waals surface area contributed by atoms with Gasteiger partial charge in [-0.05, 0) is 54.6 Å². The molecule has 1 saturated heterocycles. The van der Waals surface area contributed by atoms with Crippen molar-refractivity contribution >= 4 is 28.5 Å². The number of benzene rings is 2. The summed E-state index contributed by atoms with van der Waals surface area (Å²) in [6.07, 6.45) is 1.83. The van der Waals surface area contributed by atoms with Crippen LogP contribution in [0.25, 0.3) is 22.4 Å². The summed E-state index contributed by atoms with van der Waals surface area (Å²) in [4.78, 5) is 28.1. The number of pyridine rings is 1. The van der Waals surface area contributed by atoms with Crippen molar-refractivity contribution in [3.05, 3.63) is 72.4 Å². The number of fused-ring (bicyclic) bond motifs is 1. The van der Waals surface area contributed by atoms with E-state index in [2.05, 4.69) is 55.1 Å². The highest BCUT2D eigenvalue weighted by Crippen LogP contribution is 2.25. The van der Waals surface area contributed by atoms with E-state index in [1.165, 1.54) is 5.69 Å². The summed E-state index contributed by atoms with van der Waals surface area (Å²) in [5, 5.41) is 9.16. The van der Waals surface area contributed by atoms with Crippen molar-refractivity contribution in [3.63, 3.8) is 0 Å². The SMILES string of the molecule is O=C(O)c1ccc2nc(-c3ccc(N4CCN(c5ccccn5)CC4)cc3)[nH]c2c1. The number of carboxylic acid groups (broad SMARTS) is 1. The summed E-state index contributed by atoms with van der Waals surface area (Å²) >= 11 is 0. The number of aromatic carboxylic acids is 1. The van der Waals surface area contributed by atoms with E-state index in [-0.39, 0.29) is 5.56 Å². The average molecular weight is 399 g/mol. The minimum Gasteiger partial charge on any atom is -0.478 e. The minimum atomic E-state index is -0.944. The standard InChI is InChI=1S/C23H21N5O2/c29-23(30)17-6-9-19-20(15-17)26-22(25-19)16-4-7-18(8-5-16)27-11-13-28(14-12-27)21-3-1-2-10-24-21/h1-10,15H,11-14H2,(H,25,26)(H,29,30). The normalized spacial score (nSPS) is 14.3. The first-order valence-corrected chi connectivity index (χ1v) is 9.92. The van der Waals surface area contributed by atoms with E-state index in [1.807, 2.05) is 18.3 Å². The molecule has 0 amide bonds. The summed E-state index contributed by atoms with van der Waals surface area (Å²) < 4.78 is 0. The van der Waals surface area contributed by atoms with E-state index < -0.39 is 5.97 Å². The second kappa shape index (κ2) is 7.51. The van der Waals surface area contributed by atoms with E-state index in [4.69, 9.17) is 5.11 Å². The fourth-order valence-electron chi connectivity index (χ4n) is 3.84. The number of aromatic nitrogens is 3. The summed E-state index contributed by atoms with van der Waals surface area (Å²) in [5.41, 5.74) is 3.88. The number of hydrogen-bond donors (Lipinski definition) is 2. The lowest BCUT2D eigenvalue weighted by Gasteiger charge is -2.36. The quantitative estimate of drug-likeness (QED) is 0.545. The van der Waals surface area contributed by atoms with Crippen molar-refractivity contribution in [1.29, 1.82) is 0 Å². The number of carboxylic acids is 1. The van der Waals surface area contributed by atoms with E-state index in [1.54, 1.807) is 18.2 Å². The van der Waals surface area contributed by atoms with Crippen LogP contribution in [0.4, 0.5) is 11.5 Å². The van der Waals surface area contributed by atoms with E-state index in [0.717, 1.165) is 54.4 Å². The molecule has 7 nitrogen and oxygen atoms in total. The number of hydrogen-bond acceptors (Lipinski definition) is 5. The highest BCUT2D eigenvalue weighted by atomic mass is 16.4. The fraction of sp³-hybridized carbons (Fsp3) is 0.174. The highest BCUT2D eigenvalue weighted by Gasteiger charge is 2.18. The summed E-state index contributed by atoms with van der Waals surface area (Å²) in [5.74, 6) is 0.822. The fourth-order valence-corrected chi connectivity index (χ4v) is 3.84. The van der Waals surface area contributed by atoms with Gasteiger partial charge in [-0.3, -0.25) is 0 Å². The summed E-state index contributed by atoms with van der Waals surface area (Å²) in [6.45, 7) is 3.76. The molecule has 2 aromatic carbocycles. The number of H-pyrrole nitrogens is 1. The Morgan fingerprint density at radius 1 is 0.933 bits per heavy atom. The zero-order valence-corrected chi connectivity index (χ0v) is 16.3. The van der Waals surface area contributed by atoms with Gasteiger partial charge in [0.15, 0.2) is 0 Å². The molecule has 4 aromatic rings. The van der Waals surface area contributed by atoms with Crippen molar-refractivity contribution in [2.24, 2.45) is 0 Å². The van der Waals surface area contributed by atoms with Gasteiger partial charge in [0, 0.05) is 43.6 Å². The monoisotopic (exact) mass is 399 g/mol. The Bertz CT molecular complexity index is 1180. The molecule has 3 heterocycles. The molecule has 7 heteroatoms. The maximum atomic E-state index is 11.2. The summed E-state index contributed by atoms with van der Waals surface area (Å²) in [6, 6.07) is 19.3.